The molecule has 1 aliphatic carbocycles. The minimum Gasteiger partial charge on any atom is -0.379 e. The van der Waals surface area contributed by atoms with Crippen molar-refractivity contribution < 1.29 is 19.1 Å². The highest BCUT2D eigenvalue weighted by Gasteiger charge is 2.70. The van der Waals surface area contributed by atoms with Gasteiger partial charge in [-0.1, -0.05) is 22.0 Å². The van der Waals surface area contributed by atoms with Crippen molar-refractivity contribution in [3.63, 3.8) is 0 Å². The van der Waals surface area contributed by atoms with Gasteiger partial charge in [0.05, 0.1) is 36.4 Å². The third-order valence-corrected chi connectivity index (χ3v) is 10.6. The van der Waals surface area contributed by atoms with Gasteiger partial charge in [-0.05, 0) is 49.9 Å². The number of pyridine rings is 1. The van der Waals surface area contributed by atoms with Gasteiger partial charge in [0.2, 0.25) is 11.8 Å². The zero-order valence-corrected chi connectivity index (χ0v) is 22.8. The summed E-state index contributed by atoms with van der Waals surface area (Å²) in [7, 11) is 0. The van der Waals surface area contributed by atoms with Crippen molar-refractivity contribution in [2.75, 3.05) is 37.7 Å². The van der Waals surface area contributed by atoms with E-state index < -0.39 is 5.41 Å². The van der Waals surface area contributed by atoms with E-state index in [-0.39, 0.29) is 41.8 Å². The van der Waals surface area contributed by atoms with E-state index in [0.29, 0.717) is 43.7 Å². The second kappa shape index (κ2) is 8.11. The van der Waals surface area contributed by atoms with Gasteiger partial charge in [0.1, 0.15) is 17.8 Å². The average molecular weight is 591 g/mol. The van der Waals surface area contributed by atoms with Crippen molar-refractivity contribution in [3.05, 3.63) is 52.3 Å². The number of carbonyl (C=O) groups is 3. The van der Waals surface area contributed by atoms with Crippen molar-refractivity contribution in [2.45, 2.75) is 43.2 Å². The van der Waals surface area contributed by atoms with E-state index in [0.717, 1.165) is 40.7 Å². The summed E-state index contributed by atoms with van der Waals surface area (Å²) in [5, 5.41) is 6.83. The molecule has 39 heavy (non-hydrogen) atoms. The van der Waals surface area contributed by atoms with Crippen LogP contribution in [-0.4, -0.2) is 87.6 Å². The number of piperidine rings is 2. The lowest BCUT2D eigenvalue weighted by Crippen LogP contribution is -2.78. The first kappa shape index (κ1) is 23.6. The Balaban J connectivity index is 1.04. The molecule has 10 nitrogen and oxygen atoms in total. The number of ether oxygens (including phenoxy) is 1. The second-order valence-corrected chi connectivity index (χ2v) is 12.4. The predicted octanol–water partition coefficient (Wildman–Crippen LogP) is 2.63. The molecule has 3 unspecified atom stereocenters. The highest BCUT2D eigenvalue weighted by Crippen LogP contribution is 2.60. The minimum absolute atomic E-state index is 0.00419. The molecule has 1 aromatic carbocycles. The van der Waals surface area contributed by atoms with Crippen molar-refractivity contribution in [3.8, 4) is 0 Å². The number of hydrogen-bond donors (Lipinski definition) is 1. The molecule has 1 N–H and O–H groups in total. The van der Waals surface area contributed by atoms with Crippen LogP contribution in [0.4, 0.5) is 5.69 Å². The highest BCUT2D eigenvalue weighted by molar-refractivity contribution is 9.10. The molecule has 5 aliphatic rings. The fourth-order valence-corrected chi connectivity index (χ4v) is 8.54. The molecule has 0 bridgehead atoms. The van der Waals surface area contributed by atoms with Gasteiger partial charge in [-0.3, -0.25) is 19.5 Å². The molecule has 4 fully saturated rings. The molecule has 1 saturated carbocycles. The molecule has 200 valence electrons. The van der Waals surface area contributed by atoms with E-state index in [1.54, 1.807) is 28.1 Å². The maximum absolute atomic E-state index is 14.2. The van der Waals surface area contributed by atoms with Crippen LogP contribution in [0, 0.1) is 5.41 Å². The normalized spacial score (nSPS) is 28.2. The number of nitrogens with zero attached hydrogens (tertiary/aromatic N) is 5. The summed E-state index contributed by atoms with van der Waals surface area (Å²) >= 11 is 3.71. The number of aromatic amines is 1. The standard InChI is InChI=1S/C28H27BrN6O4/c29-16-2-1-3-20-24(16)27(8-10-33(11-9-27)25(37)18-5-4-17-19(31-18)12-30-32-17)26(38)34(20)13-23(36)35-21-6-7-28(21)15-39-14-22(28)35/h1-5,12,21-22H,6-11,13-15H2,(H,30,32). The van der Waals surface area contributed by atoms with Crippen molar-refractivity contribution in [1.29, 1.82) is 0 Å². The first-order valence-corrected chi connectivity index (χ1v) is 14.3. The third-order valence-electron chi connectivity index (χ3n) is 9.95. The molecule has 11 heteroatoms. The Kier molecular flexibility index (Phi) is 4.90. The molecule has 3 amide bonds. The SMILES string of the molecule is O=C(c1ccc2[nH]ncc2n1)N1CCC2(CC1)C(=O)N(CC(=O)N1C3CCC34COCC14)c1cccc(Br)c12. The van der Waals surface area contributed by atoms with Gasteiger partial charge >= 0.3 is 0 Å². The number of anilines is 1. The highest BCUT2D eigenvalue weighted by atomic mass is 79.9. The van der Waals surface area contributed by atoms with Gasteiger partial charge in [0.15, 0.2) is 0 Å². The molecule has 3 aromatic rings. The fraction of sp³-hybridized carbons (Fsp3) is 0.464. The Hall–Kier alpha value is -3.31. The first-order valence-electron chi connectivity index (χ1n) is 13.5. The van der Waals surface area contributed by atoms with E-state index in [4.69, 9.17) is 4.74 Å². The number of nitrogens with one attached hydrogen (secondary N) is 1. The number of likely N-dealkylation sites (tertiary alicyclic amines) is 2. The van der Waals surface area contributed by atoms with Gasteiger partial charge in [-0.2, -0.15) is 5.10 Å². The Bertz CT molecular complexity index is 1560. The average Bonchev–Trinajstić information content (AvgIpc) is 3.64. The number of aromatic nitrogens is 3. The van der Waals surface area contributed by atoms with E-state index >= 15 is 0 Å². The molecule has 2 spiro atoms. The van der Waals surface area contributed by atoms with Crippen LogP contribution in [0.15, 0.2) is 41.0 Å². The monoisotopic (exact) mass is 590 g/mol. The first-order chi connectivity index (χ1) is 18.9. The van der Waals surface area contributed by atoms with E-state index in [9.17, 15) is 14.4 Å². The summed E-state index contributed by atoms with van der Waals surface area (Å²) in [6.45, 7) is 2.22. The van der Waals surface area contributed by atoms with E-state index in [2.05, 4.69) is 31.1 Å². The number of fused-ring (bicyclic) bond motifs is 3. The predicted molar refractivity (Wildman–Crippen MR) is 144 cm³/mol. The van der Waals surface area contributed by atoms with Gasteiger partial charge in [-0.25, -0.2) is 4.98 Å². The third kappa shape index (κ3) is 3.03. The van der Waals surface area contributed by atoms with Gasteiger partial charge < -0.3 is 19.4 Å². The van der Waals surface area contributed by atoms with Crippen LogP contribution in [0.5, 0.6) is 0 Å². The Labute approximate surface area is 232 Å². The maximum atomic E-state index is 14.2. The Morgan fingerprint density at radius 3 is 2.77 bits per heavy atom. The fourth-order valence-electron chi connectivity index (χ4n) is 7.81. The molecule has 8 rings (SSSR count). The van der Waals surface area contributed by atoms with Crippen LogP contribution in [0.25, 0.3) is 11.0 Å². The summed E-state index contributed by atoms with van der Waals surface area (Å²) < 4.78 is 6.61. The molecule has 3 saturated heterocycles. The summed E-state index contributed by atoms with van der Waals surface area (Å²) in [5.41, 5.74) is 2.88. The Morgan fingerprint density at radius 2 is 1.97 bits per heavy atom. The lowest BCUT2D eigenvalue weighted by Gasteiger charge is -2.67. The van der Waals surface area contributed by atoms with Crippen LogP contribution in [0.2, 0.25) is 0 Å². The largest absolute Gasteiger partial charge is 0.379 e. The lowest BCUT2D eigenvalue weighted by molar-refractivity contribution is -0.191. The summed E-state index contributed by atoms with van der Waals surface area (Å²) in [4.78, 5) is 51.0. The molecule has 3 atom stereocenters. The summed E-state index contributed by atoms with van der Waals surface area (Å²) in [5.74, 6) is -0.209. The summed E-state index contributed by atoms with van der Waals surface area (Å²) in [6, 6.07) is 9.69. The molecule has 0 radical (unpaired) electrons. The van der Waals surface area contributed by atoms with Crippen molar-refractivity contribution in [2.24, 2.45) is 5.41 Å². The zero-order chi connectivity index (χ0) is 26.5. The van der Waals surface area contributed by atoms with Crippen LogP contribution >= 0.6 is 15.9 Å². The van der Waals surface area contributed by atoms with Crippen molar-refractivity contribution in [1.82, 2.24) is 25.0 Å². The van der Waals surface area contributed by atoms with Crippen molar-refractivity contribution >= 4 is 50.4 Å². The summed E-state index contributed by atoms with van der Waals surface area (Å²) in [6.07, 6.45) is 4.70. The smallest absolute Gasteiger partial charge is 0.272 e. The number of carbonyl (C=O) groups excluding carboxylic acids is 3. The number of rotatable bonds is 3. The number of H-pyrrole nitrogens is 1. The quantitative estimate of drug-likeness (QED) is 0.502. The van der Waals surface area contributed by atoms with Crippen LogP contribution in [0.3, 0.4) is 0 Å². The van der Waals surface area contributed by atoms with E-state index in [1.807, 2.05) is 23.1 Å². The molecular weight excluding hydrogens is 564 g/mol. The van der Waals surface area contributed by atoms with Gasteiger partial charge in [-0.15, -0.1) is 0 Å². The molecular formula is C28H27BrN6O4. The zero-order valence-electron chi connectivity index (χ0n) is 21.2. The maximum Gasteiger partial charge on any atom is 0.272 e. The number of amides is 3. The molecule has 2 aromatic heterocycles. The topological polar surface area (TPSA) is 112 Å². The van der Waals surface area contributed by atoms with Gasteiger partial charge in [0.25, 0.3) is 5.91 Å². The second-order valence-electron chi connectivity index (χ2n) is 11.5. The number of halogens is 1. The van der Waals surface area contributed by atoms with Gasteiger partial charge in [0, 0.05) is 40.3 Å². The van der Waals surface area contributed by atoms with Crippen LogP contribution in [0.1, 0.15) is 41.7 Å². The minimum atomic E-state index is -0.778. The molecule has 4 aliphatic heterocycles. The van der Waals surface area contributed by atoms with Crippen LogP contribution in [-0.2, 0) is 19.7 Å². The van der Waals surface area contributed by atoms with Crippen LogP contribution < -0.4 is 4.90 Å². The van der Waals surface area contributed by atoms with E-state index in [1.165, 1.54) is 0 Å². The number of benzene rings is 1. The number of hydrogen-bond acceptors (Lipinski definition) is 6. The lowest BCUT2D eigenvalue weighted by atomic mass is 9.53. The Morgan fingerprint density at radius 1 is 1.13 bits per heavy atom. The molecule has 6 heterocycles.